The number of nitrogens with one attached hydrogen (secondary N) is 2. The van der Waals surface area contributed by atoms with Crippen LogP contribution in [0.2, 0.25) is 0 Å². The highest BCUT2D eigenvalue weighted by Crippen LogP contribution is 2.13. The van der Waals surface area contributed by atoms with Crippen LogP contribution in [-0.4, -0.2) is 18.9 Å². The molecule has 0 saturated carbocycles. The molecule has 2 aromatic carbocycles. The van der Waals surface area contributed by atoms with Crippen molar-refractivity contribution in [1.29, 1.82) is 0 Å². The van der Waals surface area contributed by atoms with Crippen LogP contribution in [-0.2, 0) is 6.54 Å². The summed E-state index contributed by atoms with van der Waals surface area (Å²) in [5.41, 5.74) is 2.19. The molecule has 0 saturated heterocycles. The molecule has 2 aromatic rings. The predicted octanol–water partition coefficient (Wildman–Crippen LogP) is 3.22. The predicted molar refractivity (Wildman–Crippen MR) is 85.3 cm³/mol. The molecule has 22 heavy (non-hydrogen) atoms. The number of hydrogen-bond donors (Lipinski definition) is 2. The third-order valence-electron chi connectivity index (χ3n) is 3.14. The average Bonchev–Trinajstić information content (AvgIpc) is 2.53. The number of anilines is 1. The Labute approximate surface area is 129 Å². The van der Waals surface area contributed by atoms with Gasteiger partial charge >= 0.3 is 6.03 Å². The topological polar surface area (TPSA) is 67.4 Å². The first-order valence-corrected chi connectivity index (χ1v) is 6.87. The quantitative estimate of drug-likeness (QED) is 0.833. The van der Waals surface area contributed by atoms with Crippen molar-refractivity contribution in [3.05, 3.63) is 59.7 Å². The largest absolute Gasteiger partial charge is 0.497 e. The molecule has 0 aliphatic heterocycles. The molecule has 0 aliphatic rings. The number of Topliss-reactive ketones (excluding diaryl/α,β-unsaturated/α-hetero) is 1. The van der Waals surface area contributed by atoms with Crippen LogP contribution in [0.25, 0.3) is 0 Å². The molecule has 0 heterocycles. The third kappa shape index (κ3) is 4.34. The Hall–Kier alpha value is -2.82. The van der Waals surface area contributed by atoms with Gasteiger partial charge in [-0.1, -0.05) is 12.1 Å². The molecule has 2 rings (SSSR count). The van der Waals surface area contributed by atoms with Gasteiger partial charge in [-0.2, -0.15) is 0 Å². The van der Waals surface area contributed by atoms with Crippen LogP contribution in [0.4, 0.5) is 10.5 Å². The van der Waals surface area contributed by atoms with Gasteiger partial charge in [0, 0.05) is 17.8 Å². The lowest BCUT2D eigenvalue weighted by atomic mass is 10.1. The van der Waals surface area contributed by atoms with Crippen LogP contribution in [0.5, 0.6) is 5.75 Å². The molecule has 0 bridgehead atoms. The number of benzene rings is 2. The fourth-order valence-corrected chi connectivity index (χ4v) is 1.93. The number of rotatable bonds is 5. The van der Waals surface area contributed by atoms with E-state index in [0.29, 0.717) is 17.8 Å². The van der Waals surface area contributed by atoms with Gasteiger partial charge < -0.3 is 15.4 Å². The van der Waals surface area contributed by atoms with E-state index in [1.807, 2.05) is 24.3 Å². The number of urea groups is 1. The molecule has 0 unspecified atom stereocenters. The SMILES string of the molecule is COc1cccc(CNC(=O)Nc2ccc(C(C)=O)cc2)c1. The lowest BCUT2D eigenvalue weighted by Crippen LogP contribution is -2.28. The first kappa shape index (κ1) is 15.6. The fraction of sp³-hybridized carbons (Fsp3) is 0.176. The van der Waals surface area contributed by atoms with Gasteiger partial charge in [0.15, 0.2) is 5.78 Å². The Bertz CT molecular complexity index is 666. The molecule has 114 valence electrons. The summed E-state index contributed by atoms with van der Waals surface area (Å²) in [5, 5.41) is 5.48. The van der Waals surface area contributed by atoms with E-state index in [0.717, 1.165) is 11.3 Å². The molecular weight excluding hydrogens is 280 g/mol. The molecular formula is C17H18N2O3. The van der Waals surface area contributed by atoms with Gasteiger partial charge in [0.05, 0.1) is 7.11 Å². The van der Waals surface area contributed by atoms with Crippen molar-refractivity contribution in [2.24, 2.45) is 0 Å². The van der Waals surface area contributed by atoms with Crippen LogP contribution in [0.15, 0.2) is 48.5 Å². The summed E-state index contributed by atoms with van der Waals surface area (Å²) < 4.78 is 5.13. The standard InChI is InChI=1S/C17H18N2O3/c1-12(20)14-6-8-15(9-7-14)19-17(21)18-11-13-4-3-5-16(10-13)22-2/h3-10H,11H2,1-2H3,(H2,18,19,21). The molecule has 0 aliphatic carbocycles. The van der Waals surface area contributed by atoms with Crippen molar-refractivity contribution in [2.45, 2.75) is 13.5 Å². The van der Waals surface area contributed by atoms with E-state index in [9.17, 15) is 9.59 Å². The number of ether oxygens (including phenoxy) is 1. The van der Waals surface area contributed by atoms with Crippen molar-refractivity contribution in [2.75, 3.05) is 12.4 Å². The summed E-state index contributed by atoms with van der Waals surface area (Å²) in [5.74, 6) is 0.744. The second-order valence-electron chi connectivity index (χ2n) is 4.79. The summed E-state index contributed by atoms with van der Waals surface area (Å²) in [6, 6.07) is 13.9. The molecule has 0 fully saturated rings. The third-order valence-corrected chi connectivity index (χ3v) is 3.14. The van der Waals surface area contributed by atoms with Gasteiger partial charge in [0.25, 0.3) is 0 Å². The smallest absolute Gasteiger partial charge is 0.319 e. The Morgan fingerprint density at radius 3 is 2.45 bits per heavy atom. The maximum Gasteiger partial charge on any atom is 0.319 e. The van der Waals surface area contributed by atoms with E-state index in [4.69, 9.17) is 4.74 Å². The first-order valence-electron chi connectivity index (χ1n) is 6.87. The number of amides is 2. The number of ketones is 1. The summed E-state index contributed by atoms with van der Waals surface area (Å²) in [6.07, 6.45) is 0. The maximum absolute atomic E-state index is 11.8. The van der Waals surface area contributed by atoms with Crippen LogP contribution in [0.1, 0.15) is 22.8 Å². The van der Waals surface area contributed by atoms with Crippen molar-refractivity contribution < 1.29 is 14.3 Å². The van der Waals surface area contributed by atoms with Crippen LogP contribution >= 0.6 is 0 Å². The van der Waals surface area contributed by atoms with Gasteiger partial charge in [0.1, 0.15) is 5.75 Å². The minimum absolute atomic E-state index is 0.00553. The van der Waals surface area contributed by atoms with Gasteiger partial charge in [-0.15, -0.1) is 0 Å². The lowest BCUT2D eigenvalue weighted by Gasteiger charge is -2.09. The van der Waals surface area contributed by atoms with Crippen LogP contribution in [0, 0.1) is 0 Å². The summed E-state index contributed by atoms with van der Waals surface area (Å²) >= 11 is 0. The van der Waals surface area contributed by atoms with Gasteiger partial charge in [-0.05, 0) is 48.9 Å². The summed E-state index contributed by atoms with van der Waals surface area (Å²) in [4.78, 5) is 23.0. The van der Waals surface area contributed by atoms with Crippen molar-refractivity contribution in [1.82, 2.24) is 5.32 Å². The molecule has 5 nitrogen and oxygen atoms in total. The summed E-state index contributed by atoms with van der Waals surface area (Å²) in [7, 11) is 1.60. The zero-order valence-corrected chi connectivity index (χ0v) is 12.6. The van der Waals surface area contributed by atoms with Gasteiger partial charge in [-0.3, -0.25) is 4.79 Å². The van der Waals surface area contributed by atoms with E-state index in [-0.39, 0.29) is 11.8 Å². The van der Waals surface area contributed by atoms with E-state index in [1.54, 1.807) is 31.4 Å². The molecule has 0 spiro atoms. The summed E-state index contributed by atoms with van der Waals surface area (Å²) in [6.45, 7) is 1.90. The number of methoxy groups -OCH3 is 1. The molecule has 2 N–H and O–H groups in total. The Kier molecular flexibility index (Phi) is 5.14. The van der Waals surface area contributed by atoms with Gasteiger partial charge in [-0.25, -0.2) is 4.79 Å². The molecule has 5 heteroatoms. The highest BCUT2D eigenvalue weighted by molar-refractivity contribution is 5.95. The molecule has 0 aromatic heterocycles. The van der Waals surface area contributed by atoms with E-state index in [2.05, 4.69) is 10.6 Å². The second-order valence-corrected chi connectivity index (χ2v) is 4.79. The number of carbonyl (C=O) groups is 2. The van der Waals surface area contributed by atoms with Crippen molar-refractivity contribution >= 4 is 17.5 Å². The zero-order chi connectivity index (χ0) is 15.9. The van der Waals surface area contributed by atoms with Crippen molar-refractivity contribution in [3.8, 4) is 5.75 Å². The lowest BCUT2D eigenvalue weighted by molar-refractivity contribution is 0.101. The number of carbonyl (C=O) groups excluding carboxylic acids is 2. The van der Waals surface area contributed by atoms with E-state index < -0.39 is 0 Å². The van der Waals surface area contributed by atoms with E-state index >= 15 is 0 Å². The molecule has 2 amide bonds. The fourth-order valence-electron chi connectivity index (χ4n) is 1.93. The number of hydrogen-bond acceptors (Lipinski definition) is 3. The second kappa shape index (κ2) is 7.26. The molecule has 0 atom stereocenters. The highest BCUT2D eigenvalue weighted by atomic mass is 16.5. The van der Waals surface area contributed by atoms with E-state index in [1.165, 1.54) is 6.92 Å². The zero-order valence-electron chi connectivity index (χ0n) is 12.6. The normalized spacial score (nSPS) is 9.91. The average molecular weight is 298 g/mol. The Morgan fingerprint density at radius 1 is 1.09 bits per heavy atom. The first-order chi connectivity index (χ1) is 10.6. The van der Waals surface area contributed by atoms with Crippen LogP contribution < -0.4 is 15.4 Å². The Balaban J connectivity index is 1.88. The van der Waals surface area contributed by atoms with Gasteiger partial charge in [0.2, 0.25) is 0 Å². The maximum atomic E-state index is 11.8. The van der Waals surface area contributed by atoms with Crippen LogP contribution in [0.3, 0.4) is 0 Å². The van der Waals surface area contributed by atoms with Crippen molar-refractivity contribution in [3.63, 3.8) is 0 Å². The minimum atomic E-state index is -0.307. The molecule has 0 radical (unpaired) electrons. The monoisotopic (exact) mass is 298 g/mol. The highest BCUT2D eigenvalue weighted by Gasteiger charge is 2.04. The minimum Gasteiger partial charge on any atom is -0.497 e. The Morgan fingerprint density at radius 2 is 1.82 bits per heavy atom.